The first-order valence-corrected chi connectivity index (χ1v) is 6.73. The minimum Gasteiger partial charge on any atom is -0.395 e. The highest BCUT2D eigenvalue weighted by molar-refractivity contribution is 7.87. The zero-order chi connectivity index (χ0) is 11.9. The Hall–Kier alpha value is -0.170. The van der Waals surface area contributed by atoms with Gasteiger partial charge in [-0.1, -0.05) is 20.8 Å². The molecule has 0 bridgehead atoms. The first-order valence-electron chi connectivity index (χ1n) is 5.29. The van der Waals surface area contributed by atoms with E-state index in [0.29, 0.717) is 13.1 Å². The minimum absolute atomic E-state index is 0.150. The van der Waals surface area contributed by atoms with Crippen LogP contribution < -0.4 is 4.72 Å². The van der Waals surface area contributed by atoms with Gasteiger partial charge in [0.1, 0.15) is 0 Å². The molecule has 92 valence electrons. The molecule has 0 unspecified atom stereocenters. The Morgan fingerprint density at radius 2 is 1.93 bits per heavy atom. The third-order valence-electron chi connectivity index (χ3n) is 1.84. The fourth-order valence-corrected chi connectivity index (χ4v) is 2.55. The van der Waals surface area contributed by atoms with Gasteiger partial charge < -0.3 is 5.11 Å². The minimum atomic E-state index is -3.42. The molecule has 0 amide bonds. The second-order valence-corrected chi connectivity index (χ2v) is 5.63. The van der Waals surface area contributed by atoms with Gasteiger partial charge >= 0.3 is 0 Å². The maximum atomic E-state index is 11.7. The van der Waals surface area contributed by atoms with Crippen molar-refractivity contribution in [2.24, 2.45) is 5.92 Å². The number of aliphatic hydroxyl groups excluding tert-OH is 1. The summed E-state index contributed by atoms with van der Waals surface area (Å²) in [5.74, 6) is 0.275. The van der Waals surface area contributed by atoms with Crippen LogP contribution in [0.5, 0.6) is 0 Å². The van der Waals surface area contributed by atoms with Crippen molar-refractivity contribution in [2.75, 3.05) is 26.2 Å². The Kier molecular flexibility index (Phi) is 7.08. The summed E-state index contributed by atoms with van der Waals surface area (Å²) < 4.78 is 27.2. The fraction of sp³-hybridized carbons (Fsp3) is 1.00. The second-order valence-electron chi connectivity index (χ2n) is 3.87. The van der Waals surface area contributed by atoms with E-state index >= 15 is 0 Å². The molecule has 0 aromatic carbocycles. The van der Waals surface area contributed by atoms with Crippen LogP contribution in [0.1, 0.15) is 27.2 Å². The molecule has 0 aliphatic heterocycles. The smallest absolute Gasteiger partial charge is 0.279 e. The van der Waals surface area contributed by atoms with Crippen molar-refractivity contribution < 1.29 is 13.5 Å². The van der Waals surface area contributed by atoms with Gasteiger partial charge in [-0.3, -0.25) is 0 Å². The standard InChI is InChI=1S/C9H22N2O3S/c1-4-5-11(6-7-12)15(13,14)10-8-9(2)3/h9-10,12H,4-8H2,1-3H3. The summed E-state index contributed by atoms with van der Waals surface area (Å²) in [7, 11) is -3.42. The van der Waals surface area contributed by atoms with Gasteiger partial charge in [-0.05, 0) is 12.3 Å². The van der Waals surface area contributed by atoms with E-state index in [-0.39, 0.29) is 19.1 Å². The number of rotatable bonds is 8. The maximum Gasteiger partial charge on any atom is 0.279 e. The average Bonchev–Trinajstić information content (AvgIpc) is 2.15. The molecule has 0 radical (unpaired) electrons. The highest BCUT2D eigenvalue weighted by Gasteiger charge is 2.19. The summed E-state index contributed by atoms with van der Waals surface area (Å²) in [6, 6.07) is 0. The maximum absolute atomic E-state index is 11.7. The molecule has 0 aromatic heterocycles. The van der Waals surface area contributed by atoms with Gasteiger partial charge in [0.25, 0.3) is 10.2 Å². The molecule has 15 heavy (non-hydrogen) atoms. The molecule has 0 rings (SSSR count). The van der Waals surface area contributed by atoms with E-state index in [9.17, 15) is 8.42 Å². The van der Waals surface area contributed by atoms with Crippen LogP contribution in [0.2, 0.25) is 0 Å². The lowest BCUT2D eigenvalue weighted by atomic mass is 10.2. The highest BCUT2D eigenvalue weighted by atomic mass is 32.2. The van der Waals surface area contributed by atoms with Crippen molar-refractivity contribution in [3.05, 3.63) is 0 Å². The Labute approximate surface area is 92.7 Å². The second kappa shape index (κ2) is 7.16. The molecule has 0 atom stereocenters. The molecular formula is C9H22N2O3S. The monoisotopic (exact) mass is 238 g/mol. The van der Waals surface area contributed by atoms with Gasteiger partial charge in [0, 0.05) is 19.6 Å². The van der Waals surface area contributed by atoms with E-state index in [1.165, 1.54) is 4.31 Å². The van der Waals surface area contributed by atoms with E-state index in [1.54, 1.807) is 0 Å². The Morgan fingerprint density at radius 1 is 1.33 bits per heavy atom. The van der Waals surface area contributed by atoms with Crippen molar-refractivity contribution >= 4 is 10.2 Å². The Bertz CT molecular complexity index is 246. The van der Waals surface area contributed by atoms with Crippen LogP contribution in [0.15, 0.2) is 0 Å². The molecule has 0 heterocycles. The lowest BCUT2D eigenvalue weighted by Crippen LogP contribution is -2.43. The number of hydrogen-bond donors (Lipinski definition) is 2. The zero-order valence-corrected chi connectivity index (χ0v) is 10.5. The molecule has 5 nitrogen and oxygen atoms in total. The number of aliphatic hydroxyl groups is 1. The third-order valence-corrected chi connectivity index (χ3v) is 3.41. The van der Waals surface area contributed by atoms with Crippen LogP contribution in [-0.2, 0) is 10.2 Å². The fourth-order valence-electron chi connectivity index (χ4n) is 1.08. The van der Waals surface area contributed by atoms with Gasteiger partial charge in [-0.2, -0.15) is 12.7 Å². The van der Waals surface area contributed by atoms with E-state index < -0.39 is 10.2 Å². The molecule has 0 saturated heterocycles. The van der Waals surface area contributed by atoms with Gasteiger partial charge in [-0.15, -0.1) is 0 Å². The largest absolute Gasteiger partial charge is 0.395 e. The molecule has 6 heteroatoms. The Morgan fingerprint density at radius 3 is 2.33 bits per heavy atom. The quantitative estimate of drug-likeness (QED) is 0.634. The highest BCUT2D eigenvalue weighted by Crippen LogP contribution is 2.00. The lowest BCUT2D eigenvalue weighted by molar-refractivity contribution is 0.252. The van der Waals surface area contributed by atoms with Crippen molar-refractivity contribution in [3.8, 4) is 0 Å². The SMILES string of the molecule is CCCN(CCO)S(=O)(=O)NCC(C)C. The van der Waals surface area contributed by atoms with Gasteiger partial charge in [0.15, 0.2) is 0 Å². The number of hydrogen-bond acceptors (Lipinski definition) is 3. The van der Waals surface area contributed by atoms with Crippen molar-refractivity contribution in [1.82, 2.24) is 9.03 Å². The van der Waals surface area contributed by atoms with Crippen LogP contribution in [0.25, 0.3) is 0 Å². The predicted molar refractivity (Wildman–Crippen MR) is 60.7 cm³/mol. The summed E-state index contributed by atoms with van der Waals surface area (Å²) >= 11 is 0. The van der Waals surface area contributed by atoms with Gasteiger partial charge in [0.05, 0.1) is 6.61 Å². The van der Waals surface area contributed by atoms with Crippen molar-refractivity contribution in [2.45, 2.75) is 27.2 Å². The molecule has 0 spiro atoms. The summed E-state index contributed by atoms with van der Waals surface area (Å²) in [5, 5.41) is 8.77. The average molecular weight is 238 g/mol. The molecule has 0 aliphatic rings. The van der Waals surface area contributed by atoms with Crippen LogP contribution in [0.4, 0.5) is 0 Å². The van der Waals surface area contributed by atoms with Crippen LogP contribution >= 0.6 is 0 Å². The van der Waals surface area contributed by atoms with Gasteiger partial charge in [-0.25, -0.2) is 4.72 Å². The molecular weight excluding hydrogens is 216 g/mol. The Balaban J connectivity index is 4.35. The first kappa shape index (κ1) is 14.8. The molecule has 0 saturated carbocycles. The van der Waals surface area contributed by atoms with E-state index in [2.05, 4.69) is 4.72 Å². The lowest BCUT2D eigenvalue weighted by Gasteiger charge is -2.21. The molecule has 2 N–H and O–H groups in total. The van der Waals surface area contributed by atoms with Crippen molar-refractivity contribution in [3.63, 3.8) is 0 Å². The van der Waals surface area contributed by atoms with Crippen LogP contribution in [0.3, 0.4) is 0 Å². The number of nitrogens with one attached hydrogen (secondary N) is 1. The molecule has 0 aromatic rings. The number of nitrogens with zero attached hydrogens (tertiary/aromatic N) is 1. The first-order chi connectivity index (χ1) is 6.94. The van der Waals surface area contributed by atoms with Crippen molar-refractivity contribution in [1.29, 1.82) is 0 Å². The molecule has 0 aliphatic carbocycles. The normalized spacial score (nSPS) is 12.7. The van der Waals surface area contributed by atoms with Gasteiger partial charge in [0.2, 0.25) is 0 Å². The van der Waals surface area contributed by atoms with E-state index in [1.807, 2.05) is 20.8 Å². The summed E-state index contributed by atoms with van der Waals surface area (Å²) in [4.78, 5) is 0. The summed E-state index contributed by atoms with van der Waals surface area (Å²) in [5.41, 5.74) is 0. The predicted octanol–water partition coefficient (Wildman–Crippen LogP) is 0.181. The summed E-state index contributed by atoms with van der Waals surface area (Å²) in [6.45, 7) is 6.66. The molecule has 0 fully saturated rings. The van der Waals surface area contributed by atoms with Crippen LogP contribution in [0, 0.1) is 5.92 Å². The summed E-state index contributed by atoms with van der Waals surface area (Å²) in [6.07, 6.45) is 0.739. The van der Waals surface area contributed by atoms with E-state index in [4.69, 9.17) is 5.11 Å². The zero-order valence-electron chi connectivity index (χ0n) is 9.73. The van der Waals surface area contributed by atoms with Crippen LogP contribution in [-0.4, -0.2) is 44.1 Å². The third kappa shape index (κ3) is 6.09. The topological polar surface area (TPSA) is 69.6 Å². The van der Waals surface area contributed by atoms with E-state index in [0.717, 1.165) is 6.42 Å².